The summed E-state index contributed by atoms with van der Waals surface area (Å²) in [5, 5.41) is 0. The third-order valence-electron chi connectivity index (χ3n) is 22.4. The zero-order valence-electron chi connectivity index (χ0n) is 82.8. The van der Waals surface area contributed by atoms with Crippen LogP contribution < -0.4 is 13.6 Å². The van der Waals surface area contributed by atoms with E-state index >= 15 is 0 Å². The zero-order chi connectivity index (χ0) is 92.5. The largest absolute Gasteiger partial charge is 0.472 e. The van der Waals surface area contributed by atoms with Crippen LogP contribution >= 0.6 is 25.8 Å². The Morgan fingerprint density at radius 3 is 0.709 bits per heavy atom. The molecule has 0 N–H and O–H groups in total. The molecular formula is C115H163O9P3. The van der Waals surface area contributed by atoms with Crippen LogP contribution in [-0.4, -0.2) is 26.4 Å². The van der Waals surface area contributed by atoms with Gasteiger partial charge in [0, 0.05) is 81.8 Å². The number of rotatable bonds is 65. The quantitative estimate of drug-likeness (QED) is 0.0312. The van der Waals surface area contributed by atoms with Crippen molar-refractivity contribution >= 4 is 25.8 Å². The Morgan fingerprint density at radius 2 is 0.465 bits per heavy atom. The van der Waals surface area contributed by atoms with E-state index in [4.69, 9.17) is 40.7 Å². The van der Waals surface area contributed by atoms with E-state index in [9.17, 15) is 0 Å². The maximum atomic E-state index is 7.24. The van der Waals surface area contributed by atoms with Crippen molar-refractivity contribution in [3.05, 3.63) is 86.5 Å². The van der Waals surface area contributed by atoms with Gasteiger partial charge in [-0.05, 0) is 200 Å². The predicted molar refractivity (Wildman–Crippen MR) is 544 cm³/mol. The summed E-state index contributed by atoms with van der Waals surface area (Å²) in [5.74, 6) is 61.7. The van der Waals surface area contributed by atoms with Crippen LogP contribution in [0.4, 0.5) is 0 Å². The highest BCUT2D eigenvalue weighted by Crippen LogP contribution is 2.52. The lowest BCUT2D eigenvalue weighted by atomic mass is 9.74. The SMILES string of the molecule is CC#CC#CC#CC#CC#CC#COP(OCCCCCCCCCCCCC)Oc1cc(C)c(C(C)CC(c2cc(C(C)(C)C)c(OP(OC#CC#CC#CC#CC#CC#CC)OCCCCCCCCCCCCC)cc2C)c2cc(C(C)(C)C)c(OP(OCCCCCCCCCCCCC)OCCCCCCCCCCCCC)cc2C)cc1C(C)(C)C. The van der Waals surface area contributed by atoms with Crippen molar-refractivity contribution in [1.82, 2.24) is 0 Å². The zero-order valence-corrected chi connectivity index (χ0v) is 85.5. The van der Waals surface area contributed by atoms with Gasteiger partial charge in [-0.1, -0.05) is 384 Å². The fourth-order valence-corrected chi connectivity index (χ4v) is 17.9. The highest BCUT2D eigenvalue weighted by molar-refractivity contribution is 7.42. The van der Waals surface area contributed by atoms with Crippen molar-refractivity contribution in [3.63, 3.8) is 0 Å². The third-order valence-corrected chi connectivity index (χ3v) is 25.5. The van der Waals surface area contributed by atoms with Gasteiger partial charge < -0.3 is 31.7 Å². The Labute approximate surface area is 782 Å². The number of benzene rings is 3. The molecule has 0 saturated heterocycles. The Balaban J connectivity index is 2.33. The van der Waals surface area contributed by atoms with Crippen LogP contribution in [0.1, 0.15) is 462 Å². The summed E-state index contributed by atoms with van der Waals surface area (Å²) < 4.78 is 60.5. The fraction of sp³-hybridized carbons (Fsp3) is 0.635. The van der Waals surface area contributed by atoms with Gasteiger partial charge in [0.25, 0.3) is 0 Å². The molecule has 0 heterocycles. The summed E-state index contributed by atoms with van der Waals surface area (Å²) in [6.07, 6.45) is 61.2. The second kappa shape index (κ2) is 73.2. The van der Waals surface area contributed by atoms with E-state index in [2.05, 4.69) is 297 Å². The Hall–Kier alpha value is -7.49. The van der Waals surface area contributed by atoms with Crippen LogP contribution in [0.25, 0.3) is 0 Å². The molecule has 3 rings (SSSR count). The Bertz CT molecular complexity index is 4380. The molecule has 3 aromatic rings. The highest BCUT2D eigenvalue weighted by Gasteiger charge is 2.34. The molecule has 127 heavy (non-hydrogen) atoms. The maximum Gasteiger partial charge on any atom is 0.472 e. The van der Waals surface area contributed by atoms with Crippen molar-refractivity contribution in [3.8, 4) is 160 Å². The first-order chi connectivity index (χ1) is 61.5. The number of unbranched alkanes of at least 4 members (excludes halogenated alkanes) is 40. The van der Waals surface area contributed by atoms with Gasteiger partial charge in [-0.3, -0.25) is 9.05 Å². The van der Waals surface area contributed by atoms with Gasteiger partial charge >= 0.3 is 25.8 Å². The molecular weight excluding hydrogens is 1620 g/mol. The van der Waals surface area contributed by atoms with Gasteiger partial charge in [-0.15, -0.1) is 0 Å². The molecule has 692 valence electrons. The molecule has 0 spiro atoms. The molecule has 3 aromatic carbocycles. The van der Waals surface area contributed by atoms with E-state index in [1.54, 1.807) is 13.8 Å². The maximum absolute atomic E-state index is 7.24. The first-order valence-electron chi connectivity index (χ1n) is 49.1. The summed E-state index contributed by atoms with van der Waals surface area (Å²) in [6.45, 7) is 44.1. The molecule has 0 saturated carbocycles. The average Bonchev–Trinajstić information content (AvgIpc) is 0.760. The van der Waals surface area contributed by atoms with Gasteiger partial charge in [0.2, 0.25) is 0 Å². The average molecular weight is 1780 g/mol. The molecule has 0 bridgehead atoms. The monoisotopic (exact) mass is 1780 g/mol. The van der Waals surface area contributed by atoms with Crippen LogP contribution in [0.5, 0.6) is 17.2 Å². The minimum absolute atomic E-state index is 0.0190. The van der Waals surface area contributed by atoms with Gasteiger partial charge in [-0.2, -0.15) is 0 Å². The summed E-state index contributed by atoms with van der Waals surface area (Å²) in [6, 6.07) is 13.9. The molecule has 0 radical (unpaired) electrons. The van der Waals surface area contributed by atoms with Crippen molar-refractivity contribution in [2.75, 3.05) is 26.4 Å². The van der Waals surface area contributed by atoms with Gasteiger partial charge in [0.1, 0.15) is 29.5 Å². The van der Waals surface area contributed by atoms with Crippen LogP contribution in [0.3, 0.4) is 0 Å². The summed E-state index contributed by atoms with van der Waals surface area (Å²) in [7, 11) is -5.71. The minimum Gasteiger partial charge on any atom is -0.426 e. The van der Waals surface area contributed by atoms with E-state index in [1.807, 2.05) is 0 Å². The van der Waals surface area contributed by atoms with E-state index < -0.39 is 31.2 Å². The van der Waals surface area contributed by atoms with Crippen molar-refractivity contribution < 1.29 is 40.7 Å². The second-order valence-electron chi connectivity index (χ2n) is 36.9. The Morgan fingerprint density at radius 1 is 0.260 bits per heavy atom. The molecule has 0 aliphatic carbocycles. The van der Waals surface area contributed by atoms with E-state index in [0.717, 1.165) is 110 Å². The van der Waals surface area contributed by atoms with Gasteiger partial charge in [0.05, 0.1) is 26.4 Å². The topological polar surface area (TPSA) is 83.1 Å². The molecule has 4 atom stereocenters. The van der Waals surface area contributed by atoms with E-state index in [1.165, 1.54) is 235 Å². The highest BCUT2D eigenvalue weighted by atomic mass is 31.2. The van der Waals surface area contributed by atoms with Crippen molar-refractivity contribution in [2.24, 2.45) is 0 Å². The Kier molecular flexibility index (Phi) is 65.5. The van der Waals surface area contributed by atoms with Crippen molar-refractivity contribution in [1.29, 1.82) is 0 Å². The van der Waals surface area contributed by atoms with Crippen LogP contribution in [-0.2, 0) is 43.4 Å². The first kappa shape index (κ1) is 114. The lowest BCUT2D eigenvalue weighted by Crippen LogP contribution is -2.19. The predicted octanol–water partition coefficient (Wildman–Crippen LogP) is 33.0. The van der Waals surface area contributed by atoms with Crippen molar-refractivity contribution in [2.45, 2.75) is 449 Å². The van der Waals surface area contributed by atoms with Crippen LogP contribution in [0.2, 0.25) is 0 Å². The molecule has 12 heteroatoms. The lowest BCUT2D eigenvalue weighted by Gasteiger charge is -2.32. The normalized spacial score (nSPS) is 11.7. The standard InChI is InChI=1S/C115H163O9P3/c1-20-26-32-38-44-50-56-62-68-74-80-86-116-125(117-87-81-75-69-63-57-51-45-39-33-27-21-2)122-110-93-100(8)103(96-107(110)113(11,12)13)99(7)92-106(104-97-108(114(14,15)16)111(94-101(104)9)123-126(118-88-82-76-70-64-58-52-46-40-34-28-22-3)119-89-83-77-71-65-59-53-47-41-35-29-23-4)105-98-109(115(17,18)19)112(95-102(105)10)124-127(120-90-84-78-72-66-60-54-48-42-36-30-24-5)121-91-85-79-73-67-61-55-49-43-37-31-25-6/h93-99,106H,20,22-24,26,28-30,32,34-36,38,40-42,44,46-48,50,52-54,56,58-60,62,64-66,68,70-72,74,76-78,80,82-84,86,88-90,92H2,1-19H3. The van der Waals surface area contributed by atoms with Gasteiger partial charge in [0.15, 0.2) is 0 Å². The van der Waals surface area contributed by atoms with E-state index in [-0.39, 0.29) is 22.7 Å². The molecule has 0 aliphatic rings. The van der Waals surface area contributed by atoms with Gasteiger partial charge in [-0.25, -0.2) is 0 Å². The molecule has 0 amide bonds. The number of hydrogen-bond donors (Lipinski definition) is 0. The minimum atomic E-state index is -2.01. The lowest BCUT2D eigenvalue weighted by molar-refractivity contribution is 0.197. The smallest absolute Gasteiger partial charge is 0.426 e. The third kappa shape index (κ3) is 55.3. The van der Waals surface area contributed by atoms with Crippen LogP contribution in [0, 0.1) is 163 Å². The summed E-state index contributed by atoms with van der Waals surface area (Å²) >= 11 is 0. The second-order valence-corrected chi connectivity index (χ2v) is 40.1. The molecule has 4 unspecified atom stereocenters. The molecule has 9 nitrogen and oxygen atoms in total. The number of aryl methyl sites for hydroxylation is 3. The molecule has 0 aromatic heterocycles. The number of hydrogen-bond acceptors (Lipinski definition) is 9. The molecule has 0 fully saturated rings. The van der Waals surface area contributed by atoms with Crippen LogP contribution in [0.15, 0.2) is 36.4 Å². The fourth-order valence-electron chi connectivity index (χ4n) is 15.2. The first-order valence-corrected chi connectivity index (χ1v) is 52.4. The van der Waals surface area contributed by atoms with E-state index in [0.29, 0.717) is 37.9 Å². The summed E-state index contributed by atoms with van der Waals surface area (Å²) in [4.78, 5) is 0. The molecule has 0 aliphatic heterocycles. The summed E-state index contributed by atoms with van der Waals surface area (Å²) in [5.41, 5.74) is 8.98.